The van der Waals surface area contributed by atoms with Gasteiger partial charge in [0.2, 0.25) is 0 Å². The van der Waals surface area contributed by atoms with Gasteiger partial charge in [0.15, 0.2) is 0 Å². The Bertz CT molecular complexity index is 1090. The van der Waals surface area contributed by atoms with E-state index in [1.807, 2.05) is 68.4 Å². The largest absolute Gasteiger partial charge is 0.251 e. The number of rotatable bonds is 6. The molecule has 0 saturated carbocycles. The molecule has 0 amide bonds. The highest BCUT2D eigenvalue weighted by molar-refractivity contribution is 6.31. The number of aliphatic imine (C=N–C) groups is 2. The number of pyridine rings is 1. The van der Waals surface area contributed by atoms with Crippen LogP contribution in [0.15, 0.2) is 64.6 Å². The molecule has 3 nitrogen and oxygen atoms in total. The van der Waals surface area contributed by atoms with Gasteiger partial charge in [0, 0.05) is 10.0 Å². The molecule has 5 heteroatoms. The van der Waals surface area contributed by atoms with Crippen LogP contribution in [-0.2, 0) is 0 Å². The molecule has 0 bridgehead atoms. The molecule has 2 aromatic carbocycles. The van der Waals surface area contributed by atoms with Gasteiger partial charge in [-0.25, -0.2) is 4.98 Å². The van der Waals surface area contributed by atoms with E-state index >= 15 is 0 Å². The molecule has 0 aliphatic carbocycles. The number of nitrogens with zero attached hydrogens (tertiary/aromatic N) is 3. The maximum atomic E-state index is 6.19. The Labute approximate surface area is 201 Å². The van der Waals surface area contributed by atoms with E-state index in [1.54, 1.807) is 0 Å². The lowest BCUT2D eigenvalue weighted by molar-refractivity contribution is 0.867. The maximum absolute atomic E-state index is 6.19. The van der Waals surface area contributed by atoms with Gasteiger partial charge in [-0.3, -0.25) is 9.98 Å². The summed E-state index contributed by atoms with van der Waals surface area (Å²) in [5.41, 5.74) is 7.41. The molecule has 0 aliphatic rings. The first-order chi connectivity index (χ1) is 15.2. The molecule has 1 aromatic heterocycles. The topological polar surface area (TPSA) is 37.6 Å². The monoisotopic (exact) mass is 465 g/mol. The van der Waals surface area contributed by atoms with Crippen molar-refractivity contribution in [2.75, 3.05) is 0 Å². The highest BCUT2D eigenvalue weighted by Gasteiger charge is 2.11. The number of halogens is 2. The number of benzene rings is 2. The van der Waals surface area contributed by atoms with E-state index in [2.05, 4.69) is 27.7 Å². The van der Waals surface area contributed by atoms with Gasteiger partial charge in [0.1, 0.15) is 0 Å². The van der Waals surface area contributed by atoms with E-state index in [9.17, 15) is 0 Å². The van der Waals surface area contributed by atoms with Crippen molar-refractivity contribution in [1.29, 1.82) is 0 Å². The lowest BCUT2D eigenvalue weighted by atomic mass is 10.0. The summed E-state index contributed by atoms with van der Waals surface area (Å²) in [7, 11) is 0. The third-order valence-corrected chi connectivity index (χ3v) is 5.76. The van der Waals surface area contributed by atoms with Gasteiger partial charge in [0.05, 0.1) is 34.2 Å². The van der Waals surface area contributed by atoms with E-state index in [0.29, 0.717) is 11.8 Å². The fourth-order valence-corrected chi connectivity index (χ4v) is 3.85. The first-order valence-electron chi connectivity index (χ1n) is 10.8. The van der Waals surface area contributed by atoms with Crippen molar-refractivity contribution in [3.63, 3.8) is 0 Å². The zero-order valence-corrected chi connectivity index (χ0v) is 21.0. The van der Waals surface area contributed by atoms with Gasteiger partial charge >= 0.3 is 0 Å². The van der Waals surface area contributed by atoms with Gasteiger partial charge in [-0.15, -0.1) is 0 Å². The highest BCUT2D eigenvalue weighted by Crippen LogP contribution is 2.31. The minimum atomic E-state index is 0.323. The van der Waals surface area contributed by atoms with E-state index in [0.717, 1.165) is 55.4 Å². The summed E-state index contributed by atoms with van der Waals surface area (Å²) in [4.78, 5) is 14.6. The summed E-state index contributed by atoms with van der Waals surface area (Å²) >= 11 is 12.4. The van der Waals surface area contributed by atoms with Crippen molar-refractivity contribution >= 4 is 46.0 Å². The average Bonchev–Trinajstić information content (AvgIpc) is 2.75. The Morgan fingerprint density at radius 3 is 1.47 bits per heavy atom. The number of hydrogen-bond donors (Lipinski definition) is 0. The quantitative estimate of drug-likeness (QED) is 0.334. The summed E-state index contributed by atoms with van der Waals surface area (Å²) < 4.78 is 0. The van der Waals surface area contributed by atoms with Crippen molar-refractivity contribution in [2.24, 2.45) is 9.98 Å². The normalized spacial score (nSPS) is 12.7. The van der Waals surface area contributed by atoms with Crippen LogP contribution < -0.4 is 0 Å². The summed E-state index contributed by atoms with van der Waals surface area (Å²) in [5.74, 6) is 0.645. The van der Waals surface area contributed by atoms with Crippen molar-refractivity contribution in [1.82, 2.24) is 4.98 Å². The molecule has 3 aromatic rings. The Morgan fingerprint density at radius 1 is 0.688 bits per heavy atom. The van der Waals surface area contributed by atoms with E-state index in [4.69, 9.17) is 38.2 Å². The van der Waals surface area contributed by atoms with Gasteiger partial charge < -0.3 is 0 Å². The lowest BCUT2D eigenvalue weighted by Gasteiger charge is -2.12. The first kappa shape index (κ1) is 24.2. The van der Waals surface area contributed by atoms with Gasteiger partial charge in [-0.05, 0) is 85.3 Å². The molecule has 0 atom stereocenters. The molecule has 3 rings (SSSR count). The molecule has 0 saturated heterocycles. The predicted octanol–water partition coefficient (Wildman–Crippen LogP) is 8.92. The van der Waals surface area contributed by atoms with E-state index in [1.165, 1.54) is 0 Å². The molecule has 32 heavy (non-hydrogen) atoms. The van der Waals surface area contributed by atoms with Crippen LogP contribution in [0.1, 0.15) is 75.9 Å². The third kappa shape index (κ3) is 5.85. The molecule has 0 fully saturated rings. The van der Waals surface area contributed by atoms with Crippen molar-refractivity contribution in [3.8, 4) is 0 Å². The Hall–Kier alpha value is -2.49. The van der Waals surface area contributed by atoms with Crippen LogP contribution in [0.2, 0.25) is 10.0 Å². The molecule has 0 aliphatic heterocycles. The highest BCUT2D eigenvalue weighted by atomic mass is 35.5. The lowest BCUT2D eigenvalue weighted by Crippen LogP contribution is -2.05. The molecule has 1 heterocycles. The first-order valence-corrected chi connectivity index (χ1v) is 11.6. The van der Waals surface area contributed by atoms with E-state index in [-0.39, 0.29) is 0 Å². The second kappa shape index (κ2) is 10.4. The van der Waals surface area contributed by atoms with Gasteiger partial charge in [-0.1, -0.05) is 57.0 Å². The molecule has 0 radical (unpaired) electrons. The summed E-state index contributed by atoms with van der Waals surface area (Å²) in [6.07, 6.45) is 0. The van der Waals surface area contributed by atoms with Crippen LogP contribution in [0.4, 0.5) is 11.4 Å². The number of aromatic nitrogens is 1. The van der Waals surface area contributed by atoms with Crippen LogP contribution in [0.5, 0.6) is 0 Å². The van der Waals surface area contributed by atoms with E-state index < -0.39 is 0 Å². The SMILES string of the molecule is CC(=Nc1ccc(Cl)cc1C(C)C)c1cccc(C(C)=Nc2ccc(Cl)cc2C(C)C)n1. The van der Waals surface area contributed by atoms with Gasteiger partial charge in [0.25, 0.3) is 0 Å². The summed E-state index contributed by atoms with van der Waals surface area (Å²) in [6, 6.07) is 17.6. The zero-order chi connectivity index (χ0) is 23.4. The second-order valence-electron chi connectivity index (χ2n) is 8.52. The second-order valence-corrected chi connectivity index (χ2v) is 9.39. The average molecular weight is 466 g/mol. The Balaban J connectivity index is 1.97. The maximum Gasteiger partial charge on any atom is 0.0849 e. The molecule has 0 N–H and O–H groups in total. The molecular formula is C27H29Cl2N3. The minimum absolute atomic E-state index is 0.323. The fourth-order valence-electron chi connectivity index (χ4n) is 3.49. The molecule has 0 spiro atoms. The third-order valence-electron chi connectivity index (χ3n) is 5.29. The van der Waals surface area contributed by atoms with Crippen LogP contribution in [0.3, 0.4) is 0 Å². The fraction of sp³-hybridized carbons (Fsp3) is 0.296. The Kier molecular flexibility index (Phi) is 7.86. The number of hydrogen-bond acceptors (Lipinski definition) is 3. The summed E-state index contributed by atoms with van der Waals surface area (Å²) in [5, 5.41) is 1.44. The van der Waals surface area contributed by atoms with Crippen LogP contribution in [0.25, 0.3) is 0 Å². The molecule has 166 valence electrons. The smallest absolute Gasteiger partial charge is 0.0849 e. The predicted molar refractivity (Wildman–Crippen MR) is 139 cm³/mol. The van der Waals surface area contributed by atoms with Gasteiger partial charge in [-0.2, -0.15) is 0 Å². The Morgan fingerprint density at radius 2 is 1.09 bits per heavy atom. The molecule has 0 unspecified atom stereocenters. The van der Waals surface area contributed by atoms with Crippen LogP contribution >= 0.6 is 23.2 Å². The summed E-state index contributed by atoms with van der Waals surface area (Å²) in [6.45, 7) is 12.5. The minimum Gasteiger partial charge on any atom is -0.251 e. The van der Waals surface area contributed by atoms with Crippen molar-refractivity contribution < 1.29 is 0 Å². The van der Waals surface area contributed by atoms with Crippen LogP contribution in [0, 0.1) is 0 Å². The standard InChI is InChI=1S/C27H29Cl2N3/c1-16(2)22-14-20(28)10-12-26(22)30-18(5)24-8-7-9-25(32-24)19(6)31-27-13-11-21(29)15-23(27)17(3)4/h7-17H,1-6H3. The molecular weight excluding hydrogens is 437 g/mol. The van der Waals surface area contributed by atoms with Crippen molar-refractivity contribution in [3.05, 3.63) is 87.2 Å². The zero-order valence-electron chi connectivity index (χ0n) is 19.4. The van der Waals surface area contributed by atoms with Crippen LogP contribution in [-0.4, -0.2) is 16.4 Å². The van der Waals surface area contributed by atoms with Crippen molar-refractivity contribution in [2.45, 2.75) is 53.4 Å².